The van der Waals surface area contributed by atoms with Crippen molar-refractivity contribution < 1.29 is 78.3 Å². The van der Waals surface area contributed by atoms with Gasteiger partial charge >= 0.3 is 59.1 Å². The summed E-state index contributed by atoms with van der Waals surface area (Å²) in [5.74, 6) is 0. The third-order valence-electron chi connectivity index (χ3n) is 2.14. The normalized spacial score (nSPS) is 10.2. The standard InChI is InChI=1S/C10H13O4P.2Na/c1-6-4-7(2)9(8(3)5-6)10(11)15(12,13)14;;/h4-5H,1-3H3,(H2,12,13,14);;/q;2*+1/p-2. The fraction of sp³-hybridized carbons (Fsp3) is 0.300. The maximum atomic E-state index is 11.3. The van der Waals surface area contributed by atoms with Crippen LogP contribution in [-0.2, 0) is 4.57 Å². The average Bonchev–Trinajstić information content (AvgIpc) is 1.99. The van der Waals surface area contributed by atoms with Gasteiger partial charge in [-0.2, -0.15) is 0 Å². The number of benzene rings is 1. The van der Waals surface area contributed by atoms with Crippen LogP contribution in [0, 0.1) is 20.8 Å². The van der Waals surface area contributed by atoms with E-state index >= 15 is 0 Å². The summed E-state index contributed by atoms with van der Waals surface area (Å²) in [6.07, 6.45) is 0. The summed E-state index contributed by atoms with van der Waals surface area (Å²) >= 11 is 0. The van der Waals surface area contributed by atoms with Crippen molar-refractivity contribution in [1.29, 1.82) is 0 Å². The van der Waals surface area contributed by atoms with E-state index in [4.69, 9.17) is 0 Å². The molecule has 17 heavy (non-hydrogen) atoms. The van der Waals surface area contributed by atoms with Gasteiger partial charge in [-0.3, -0.25) is 4.79 Å². The Morgan fingerprint density at radius 1 is 1.06 bits per heavy atom. The molecule has 0 heterocycles. The number of carbonyl (C=O) groups excluding carboxylic acids is 1. The molecule has 1 rings (SSSR count). The molecule has 0 aliphatic carbocycles. The Kier molecular flexibility index (Phi) is 9.09. The predicted molar refractivity (Wildman–Crippen MR) is 52.6 cm³/mol. The molecule has 0 saturated heterocycles. The molecule has 0 unspecified atom stereocenters. The molecular weight excluding hydrogens is 261 g/mol. The van der Waals surface area contributed by atoms with Crippen molar-refractivity contribution in [3.8, 4) is 0 Å². The Labute approximate surface area is 145 Å². The minimum absolute atomic E-state index is 0. The molecule has 0 radical (unpaired) electrons. The first-order valence-electron chi connectivity index (χ1n) is 4.38. The minimum atomic E-state index is -5.19. The van der Waals surface area contributed by atoms with E-state index in [9.17, 15) is 19.1 Å². The molecule has 0 bridgehead atoms. The first kappa shape index (κ1) is 20.4. The Hall–Kier alpha value is 1.04. The zero-order valence-corrected chi connectivity index (χ0v) is 15.6. The third kappa shape index (κ3) is 5.27. The summed E-state index contributed by atoms with van der Waals surface area (Å²) < 4.78 is 10.6. The van der Waals surface area contributed by atoms with Crippen molar-refractivity contribution in [3.05, 3.63) is 34.4 Å². The van der Waals surface area contributed by atoms with Gasteiger partial charge < -0.3 is 14.4 Å². The summed E-state index contributed by atoms with van der Waals surface area (Å²) in [6.45, 7) is 5.06. The van der Waals surface area contributed by atoms with Gasteiger partial charge in [-0.15, -0.1) is 0 Å². The number of aryl methyl sites for hydroxylation is 3. The molecule has 0 spiro atoms. The Morgan fingerprint density at radius 3 is 1.71 bits per heavy atom. The second-order valence-corrected chi connectivity index (χ2v) is 4.98. The molecule has 1 aromatic carbocycles. The van der Waals surface area contributed by atoms with Crippen molar-refractivity contribution in [2.45, 2.75) is 20.8 Å². The molecule has 0 aliphatic rings. The molecule has 7 heteroatoms. The number of rotatable bonds is 2. The van der Waals surface area contributed by atoms with Crippen molar-refractivity contribution in [1.82, 2.24) is 0 Å². The topological polar surface area (TPSA) is 80.3 Å². The van der Waals surface area contributed by atoms with Crippen LogP contribution in [-0.4, -0.2) is 5.52 Å². The van der Waals surface area contributed by atoms with Gasteiger partial charge in [0.25, 0.3) is 0 Å². The Morgan fingerprint density at radius 2 is 1.41 bits per heavy atom. The smallest absolute Gasteiger partial charge is 0.805 e. The molecule has 0 N–H and O–H groups in total. The van der Waals surface area contributed by atoms with Crippen LogP contribution in [0.15, 0.2) is 12.1 Å². The fourth-order valence-corrected chi connectivity index (χ4v) is 2.28. The van der Waals surface area contributed by atoms with Crippen molar-refractivity contribution in [3.63, 3.8) is 0 Å². The first-order valence-corrected chi connectivity index (χ1v) is 5.92. The van der Waals surface area contributed by atoms with Crippen LogP contribution >= 0.6 is 7.60 Å². The SMILES string of the molecule is Cc1cc(C)c(C(=O)P(=O)([O-])[O-])c(C)c1.[Na+].[Na+]. The first-order chi connectivity index (χ1) is 6.73. The van der Waals surface area contributed by atoms with Gasteiger partial charge in [0.15, 0.2) is 5.52 Å². The van der Waals surface area contributed by atoms with Gasteiger partial charge in [0.1, 0.15) is 0 Å². The molecule has 0 aromatic heterocycles. The van der Waals surface area contributed by atoms with Gasteiger partial charge in [-0.25, -0.2) is 0 Å². The zero-order valence-electron chi connectivity index (χ0n) is 10.7. The van der Waals surface area contributed by atoms with E-state index in [1.54, 1.807) is 26.0 Å². The molecule has 0 saturated carbocycles. The van der Waals surface area contributed by atoms with Crippen LogP contribution in [0.2, 0.25) is 0 Å². The van der Waals surface area contributed by atoms with Crippen LogP contribution in [0.5, 0.6) is 0 Å². The van der Waals surface area contributed by atoms with E-state index in [2.05, 4.69) is 0 Å². The van der Waals surface area contributed by atoms with Crippen molar-refractivity contribution in [2.24, 2.45) is 0 Å². The summed E-state index contributed by atoms with van der Waals surface area (Å²) in [6, 6.07) is 3.35. The van der Waals surface area contributed by atoms with Crippen LogP contribution in [0.25, 0.3) is 0 Å². The van der Waals surface area contributed by atoms with E-state index < -0.39 is 13.1 Å². The van der Waals surface area contributed by atoms with E-state index in [1.807, 2.05) is 6.92 Å². The van der Waals surface area contributed by atoms with Crippen LogP contribution in [0.1, 0.15) is 27.0 Å². The van der Waals surface area contributed by atoms with Crippen molar-refractivity contribution in [2.75, 3.05) is 0 Å². The second-order valence-electron chi connectivity index (χ2n) is 3.58. The maximum Gasteiger partial charge on any atom is 1.00 e. The van der Waals surface area contributed by atoms with Crippen LogP contribution in [0.4, 0.5) is 0 Å². The predicted octanol–water partition coefficient (Wildman–Crippen LogP) is -5.33. The summed E-state index contributed by atoms with van der Waals surface area (Å²) in [7, 11) is -5.19. The molecule has 1 aromatic rings. The van der Waals surface area contributed by atoms with E-state index in [0.29, 0.717) is 11.1 Å². The van der Waals surface area contributed by atoms with Crippen LogP contribution < -0.4 is 68.9 Å². The van der Waals surface area contributed by atoms with Gasteiger partial charge in [0, 0.05) is 13.2 Å². The fourth-order valence-electron chi connectivity index (χ4n) is 1.65. The molecule has 4 nitrogen and oxygen atoms in total. The van der Waals surface area contributed by atoms with Gasteiger partial charge in [-0.1, -0.05) is 17.7 Å². The zero-order chi connectivity index (χ0) is 11.8. The van der Waals surface area contributed by atoms with E-state index in [1.165, 1.54) is 0 Å². The molecule has 0 amide bonds. The van der Waals surface area contributed by atoms with Crippen LogP contribution in [0.3, 0.4) is 0 Å². The Bertz CT molecular complexity index is 444. The monoisotopic (exact) mass is 272 g/mol. The minimum Gasteiger partial charge on any atom is -0.805 e. The average molecular weight is 272 g/mol. The maximum absolute atomic E-state index is 11.3. The summed E-state index contributed by atoms with van der Waals surface area (Å²) in [5, 5.41) is 0. The van der Waals surface area contributed by atoms with E-state index in [-0.39, 0.29) is 64.7 Å². The largest absolute Gasteiger partial charge is 1.00 e. The number of hydrogen-bond donors (Lipinski definition) is 0. The second kappa shape index (κ2) is 7.59. The molecule has 0 fully saturated rings. The van der Waals surface area contributed by atoms with Gasteiger partial charge in [0.2, 0.25) is 0 Å². The molecule has 82 valence electrons. The quantitative estimate of drug-likeness (QED) is 0.398. The van der Waals surface area contributed by atoms with Crippen molar-refractivity contribution >= 4 is 13.1 Å². The van der Waals surface area contributed by atoms with Gasteiger partial charge in [-0.05, 0) is 31.9 Å². The summed E-state index contributed by atoms with van der Waals surface area (Å²) in [5.41, 5.74) is 0.647. The molecule has 0 aliphatic heterocycles. The Balaban J connectivity index is 0. The third-order valence-corrected chi connectivity index (χ3v) is 2.86. The van der Waals surface area contributed by atoms with Gasteiger partial charge in [0.05, 0.1) is 0 Å². The molecular formula is C10H11Na2O4P. The summed E-state index contributed by atoms with van der Waals surface area (Å²) in [4.78, 5) is 32.6. The number of hydrogen-bond acceptors (Lipinski definition) is 4. The van der Waals surface area contributed by atoms with E-state index in [0.717, 1.165) is 5.56 Å². The molecule has 0 atom stereocenters. The number of carbonyl (C=O) groups is 1.